The van der Waals surface area contributed by atoms with Crippen molar-refractivity contribution < 1.29 is 18.8 Å². The van der Waals surface area contributed by atoms with Crippen molar-refractivity contribution in [1.29, 1.82) is 0 Å². The first-order valence-electron chi connectivity index (χ1n) is 5.41. The number of carbonyl (C=O) groups excluding carboxylic acids is 1. The number of aromatic nitrogens is 1. The molecule has 1 aromatic rings. The molecular weight excluding hydrogens is 226 g/mol. The molecule has 0 bridgehead atoms. The highest BCUT2D eigenvalue weighted by Crippen LogP contribution is 2.07. The van der Waals surface area contributed by atoms with Crippen molar-refractivity contribution in [2.45, 2.75) is 13.0 Å². The first kappa shape index (κ1) is 11.9. The second-order valence-corrected chi connectivity index (χ2v) is 3.74. The molecule has 17 heavy (non-hydrogen) atoms. The third-order valence-corrected chi connectivity index (χ3v) is 2.24. The number of nitrogens with one attached hydrogen (secondary N) is 2. The Balaban J connectivity index is 1.70. The van der Waals surface area contributed by atoms with E-state index in [9.17, 15) is 4.79 Å². The van der Waals surface area contributed by atoms with Gasteiger partial charge in [0.25, 0.3) is 0 Å². The number of urea groups is 1. The molecule has 7 heteroatoms. The fourth-order valence-electron chi connectivity index (χ4n) is 1.44. The maximum atomic E-state index is 11.5. The van der Waals surface area contributed by atoms with E-state index in [2.05, 4.69) is 15.8 Å². The fraction of sp³-hybridized carbons (Fsp3) is 0.600. The molecule has 0 radical (unpaired) electrons. The maximum Gasteiger partial charge on any atom is 0.321 e. The quantitative estimate of drug-likeness (QED) is 0.805. The Labute approximate surface area is 98.4 Å². The largest absolute Gasteiger partial charge is 0.376 e. The first-order valence-corrected chi connectivity index (χ1v) is 5.41. The zero-order valence-corrected chi connectivity index (χ0v) is 9.56. The maximum absolute atomic E-state index is 11.5. The van der Waals surface area contributed by atoms with Gasteiger partial charge in [0.15, 0.2) is 0 Å². The van der Waals surface area contributed by atoms with E-state index in [1.807, 2.05) is 0 Å². The van der Waals surface area contributed by atoms with Gasteiger partial charge in [0.2, 0.25) is 5.88 Å². The lowest BCUT2D eigenvalue weighted by atomic mass is 10.3. The van der Waals surface area contributed by atoms with Crippen molar-refractivity contribution >= 4 is 11.9 Å². The zero-order chi connectivity index (χ0) is 12.1. The lowest BCUT2D eigenvalue weighted by Crippen LogP contribution is -2.41. The van der Waals surface area contributed by atoms with Crippen molar-refractivity contribution in [2.24, 2.45) is 0 Å². The molecule has 1 aliphatic heterocycles. The summed E-state index contributed by atoms with van der Waals surface area (Å²) in [6.45, 7) is 3.86. The van der Waals surface area contributed by atoms with Crippen molar-refractivity contribution in [3.63, 3.8) is 0 Å². The minimum atomic E-state index is -0.352. The second-order valence-electron chi connectivity index (χ2n) is 3.74. The van der Waals surface area contributed by atoms with Gasteiger partial charge in [0, 0.05) is 12.6 Å². The Hall–Kier alpha value is -1.60. The number of hydrogen-bond donors (Lipinski definition) is 2. The third kappa shape index (κ3) is 3.72. The standard InChI is InChI=1S/C10H15N3O4/c1-7-4-9(17-13-7)12-10(14)11-5-8-6-15-2-3-16-8/h4,8H,2-3,5-6H2,1H3,(H2,11,12,14)/t8-/m1/s1. The highest BCUT2D eigenvalue weighted by atomic mass is 16.6. The lowest BCUT2D eigenvalue weighted by molar-refractivity contribution is -0.0852. The molecule has 0 aliphatic carbocycles. The molecule has 1 aromatic heterocycles. The predicted molar refractivity (Wildman–Crippen MR) is 58.8 cm³/mol. The molecule has 2 rings (SSSR count). The van der Waals surface area contributed by atoms with E-state index in [1.165, 1.54) is 0 Å². The molecule has 2 heterocycles. The van der Waals surface area contributed by atoms with Crippen LogP contribution in [0.15, 0.2) is 10.6 Å². The third-order valence-electron chi connectivity index (χ3n) is 2.24. The van der Waals surface area contributed by atoms with Crippen LogP contribution in [0.2, 0.25) is 0 Å². The molecule has 1 aliphatic rings. The van der Waals surface area contributed by atoms with Gasteiger partial charge in [-0.25, -0.2) is 4.79 Å². The Morgan fingerprint density at radius 3 is 3.12 bits per heavy atom. The van der Waals surface area contributed by atoms with Crippen LogP contribution in [-0.4, -0.2) is 43.7 Å². The summed E-state index contributed by atoms with van der Waals surface area (Å²) in [5.41, 5.74) is 0.712. The number of amides is 2. The van der Waals surface area contributed by atoms with Crippen LogP contribution in [0.5, 0.6) is 0 Å². The number of hydrogen-bond acceptors (Lipinski definition) is 5. The van der Waals surface area contributed by atoms with Gasteiger partial charge in [0.05, 0.1) is 31.6 Å². The summed E-state index contributed by atoms with van der Waals surface area (Å²) in [5, 5.41) is 8.85. The number of ether oxygens (including phenoxy) is 2. The summed E-state index contributed by atoms with van der Waals surface area (Å²) in [7, 11) is 0. The first-order chi connectivity index (χ1) is 8.24. The van der Waals surface area contributed by atoms with E-state index in [4.69, 9.17) is 14.0 Å². The summed E-state index contributed by atoms with van der Waals surface area (Å²) in [4.78, 5) is 11.5. The number of aryl methyl sites for hydroxylation is 1. The van der Waals surface area contributed by atoms with Gasteiger partial charge in [-0.1, -0.05) is 5.16 Å². The van der Waals surface area contributed by atoms with Crippen LogP contribution in [0.25, 0.3) is 0 Å². The smallest absolute Gasteiger partial charge is 0.321 e. The molecule has 2 N–H and O–H groups in total. The second kappa shape index (κ2) is 5.65. The van der Waals surface area contributed by atoms with Crippen LogP contribution in [0.1, 0.15) is 5.69 Å². The summed E-state index contributed by atoms with van der Waals surface area (Å²) in [6.07, 6.45) is -0.0917. The van der Waals surface area contributed by atoms with Gasteiger partial charge in [-0.15, -0.1) is 0 Å². The van der Waals surface area contributed by atoms with Crippen molar-refractivity contribution in [3.8, 4) is 0 Å². The van der Waals surface area contributed by atoms with Crippen molar-refractivity contribution in [3.05, 3.63) is 11.8 Å². The van der Waals surface area contributed by atoms with Gasteiger partial charge in [-0.05, 0) is 6.92 Å². The van der Waals surface area contributed by atoms with E-state index in [1.54, 1.807) is 13.0 Å². The molecule has 1 saturated heterocycles. The van der Waals surface area contributed by atoms with Gasteiger partial charge in [-0.2, -0.15) is 0 Å². The van der Waals surface area contributed by atoms with Gasteiger partial charge < -0.3 is 19.3 Å². The van der Waals surface area contributed by atoms with E-state index in [-0.39, 0.29) is 12.1 Å². The molecule has 0 aromatic carbocycles. The van der Waals surface area contributed by atoms with Crippen LogP contribution < -0.4 is 10.6 Å². The van der Waals surface area contributed by atoms with Gasteiger partial charge in [-0.3, -0.25) is 5.32 Å². The number of anilines is 1. The topological polar surface area (TPSA) is 85.6 Å². The monoisotopic (exact) mass is 241 g/mol. The van der Waals surface area contributed by atoms with Crippen molar-refractivity contribution in [1.82, 2.24) is 10.5 Å². The normalized spacial score (nSPS) is 19.9. The molecule has 7 nitrogen and oxygen atoms in total. The van der Waals surface area contributed by atoms with Crippen LogP contribution in [0.4, 0.5) is 10.7 Å². The van der Waals surface area contributed by atoms with Gasteiger partial charge in [0.1, 0.15) is 0 Å². The molecule has 2 amide bonds. The zero-order valence-electron chi connectivity index (χ0n) is 9.56. The predicted octanol–water partition coefficient (Wildman–Crippen LogP) is 0.520. The molecule has 1 fully saturated rings. The Kier molecular flexibility index (Phi) is 3.94. The van der Waals surface area contributed by atoms with E-state index in [0.717, 1.165) is 0 Å². The SMILES string of the molecule is Cc1cc(NC(=O)NC[C@@H]2COCCO2)on1. The minimum absolute atomic E-state index is 0.0917. The minimum Gasteiger partial charge on any atom is -0.376 e. The summed E-state index contributed by atoms with van der Waals surface area (Å²) in [6, 6.07) is 1.29. The summed E-state index contributed by atoms with van der Waals surface area (Å²) >= 11 is 0. The lowest BCUT2D eigenvalue weighted by Gasteiger charge is -2.22. The average molecular weight is 241 g/mol. The van der Waals surface area contributed by atoms with Crippen molar-refractivity contribution in [2.75, 3.05) is 31.7 Å². The average Bonchev–Trinajstić information content (AvgIpc) is 2.73. The Morgan fingerprint density at radius 2 is 2.47 bits per heavy atom. The summed E-state index contributed by atoms with van der Waals surface area (Å²) < 4.78 is 15.4. The molecule has 94 valence electrons. The van der Waals surface area contributed by atoms with E-state index < -0.39 is 0 Å². The fourth-order valence-corrected chi connectivity index (χ4v) is 1.44. The summed E-state index contributed by atoms with van der Waals surface area (Å²) in [5.74, 6) is 0.320. The highest BCUT2D eigenvalue weighted by Gasteiger charge is 2.15. The van der Waals surface area contributed by atoms with Crippen LogP contribution in [0.3, 0.4) is 0 Å². The van der Waals surface area contributed by atoms with Crippen LogP contribution in [0, 0.1) is 6.92 Å². The number of rotatable bonds is 3. The molecule has 0 unspecified atom stereocenters. The van der Waals surface area contributed by atoms with Crippen LogP contribution in [-0.2, 0) is 9.47 Å². The molecule has 1 atom stereocenters. The number of nitrogens with zero attached hydrogens (tertiary/aromatic N) is 1. The van der Waals surface area contributed by atoms with Crippen LogP contribution >= 0.6 is 0 Å². The van der Waals surface area contributed by atoms with E-state index in [0.29, 0.717) is 37.9 Å². The Morgan fingerprint density at radius 1 is 1.59 bits per heavy atom. The molecule has 0 spiro atoms. The van der Waals surface area contributed by atoms with Gasteiger partial charge >= 0.3 is 6.03 Å². The van der Waals surface area contributed by atoms with E-state index >= 15 is 0 Å². The molecule has 0 saturated carbocycles. The highest BCUT2D eigenvalue weighted by molar-refractivity contribution is 5.87. The molecular formula is C10H15N3O4. The number of carbonyl (C=O) groups is 1. The Bertz CT molecular complexity index is 373.